The number of amides is 2. The maximum absolute atomic E-state index is 12.0. The summed E-state index contributed by atoms with van der Waals surface area (Å²) in [5.41, 5.74) is 7.92. The van der Waals surface area contributed by atoms with Crippen LogP contribution < -0.4 is 10.6 Å². The fourth-order valence-electron chi connectivity index (χ4n) is 3.41. The van der Waals surface area contributed by atoms with Crippen LogP contribution in [-0.2, 0) is 13.0 Å². The second-order valence-electron chi connectivity index (χ2n) is 6.59. The van der Waals surface area contributed by atoms with Crippen LogP contribution in [0.2, 0.25) is 0 Å². The molecule has 2 amide bonds. The van der Waals surface area contributed by atoms with E-state index in [9.17, 15) is 4.79 Å². The van der Waals surface area contributed by atoms with Crippen molar-refractivity contribution >= 4 is 22.4 Å². The molecule has 6 heteroatoms. The fourth-order valence-corrected chi connectivity index (χ4v) is 4.60. The van der Waals surface area contributed by atoms with Crippen LogP contribution in [0.15, 0.2) is 24.3 Å². The van der Waals surface area contributed by atoms with Gasteiger partial charge in [0.15, 0.2) is 0 Å². The predicted molar refractivity (Wildman–Crippen MR) is 99.4 cm³/mol. The zero-order chi connectivity index (χ0) is 17.8. The highest BCUT2D eigenvalue weighted by atomic mass is 32.1. The quantitative estimate of drug-likeness (QED) is 0.876. The van der Waals surface area contributed by atoms with Crippen LogP contribution in [0.1, 0.15) is 47.5 Å². The van der Waals surface area contributed by atoms with E-state index in [0.29, 0.717) is 18.0 Å². The molecular formula is C19H22N4OS. The van der Waals surface area contributed by atoms with Gasteiger partial charge in [0, 0.05) is 6.42 Å². The van der Waals surface area contributed by atoms with Gasteiger partial charge in [-0.15, -0.1) is 11.3 Å². The summed E-state index contributed by atoms with van der Waals surface area (Å²) in [6.07, 6.45) is 6.15. The van der Waals surface area contributed by atoms with Crippen LogP contribution >= 0.6 is 11.3 Å². The lowest BCUT2D eigenvalue weighted by atomic mass is 10.1. The van der Waals surface area contributed by atoms with E-state index in [1.807, 2.05) is 19.1 Å². The normalized spacial score (nSPS) is 14.4. The molecule has 2 aromatic rings. The van der Waals surface area contributed by atoms with Gasteiger partial charge >= 0.3 is 6.03 Å². The van der Waals surface area contributed by atoms with E-state index < -0.39 is 6.03 Å². The Labute approximate surface area is 152 Å². The second kappa shape index (κ2) is 7.66. The third-order valence-corrected chi connectivity index (χ3v) is 5.87. The lowest BCUT2D eigenvalue weighted by molar-refractivity contribution is 0.253. The minimum Gasteiger partial charge on any atom is -0.351 e. The van der Waals surface area contributed by atoms with Gasteiger partial charge in [-0.25, -0.2) is 9.78 Å². The number of nitriles is 1. The number of hydrogen-bond acceptors (Lipinski definition) is 4. The Kier molecular flexibility index (Phi) is 5.34. The van der Waals surface area contributed by atoms with Crippen LogP contribution in [-0.4, -0.2) is 11.0 Å². The molecular weight excluding hydrogens is 332 g/mol. The number of carbonyl (C=O) groups is 1. The average molecular weight is 354 g/mol. The molecule has 0 bridgehead atoms. The Morgan fingerprint density at radius 1 is 1.44 bits per heavy atom. The molecule has 0 unspecified atom stereocenters. The Morgan fingerprint density at radius 3 is 2.88 bits per heavy atom. The lowest BCUT2D eigenvalue weighted by Gasteiger charge is -2.19. The number of aromatic nitrogens is 1. The van der Waals surface area contributed by atoms with E-state index in [1.54, 1.807) is 28.4 Å². The lowest BCUT2D eigenvalue weighted by Crippen LogP contribution is -2.35. The van der Waals surface area contributed by atoms with E-state index in [4.69, 9.17) is 11.0 Å². The Hall–Kier alpha value is -2.39. The third-order valence-electron chi connectivity index (χ3n) is 4.66. The number of nitrogens with zero attached hydrogens (tertiary/aromatic N) is 3. The van der Waals surface area contributed by atoms with Crippen molar-refractivity contribution in [2.45, 2.75) is 45.6 Å². The molecule has 25 heavy (non-hydrogen) atoms. The van der Waals surface area contributed by atoms with Crippen molar-refractivity contribution < 1.29 is 4.79 Å². The highest BCUT2D eigenvalue weighted by Crippen LogP contribution is 2.34. The maximum atomic E-state index is 12.0. The van der Waals surface area contributed by atoms with Crippen LogP contribution in [0, 0.1) is 24.2 Å². The SMILES string of the molecule is Cc1nc(CC2CCCC2)sc1N(Cc1cccc(C#N)c1)C(N)=O. The topological polar surface area (TPSA) is 83.0 Å². The van der Waals surface area contributed by atoms with Gasteiger partial charge in [0.25, 0.3) is 0 Å². The number of hydrogen-bond donors (Lipinski definition) is 1. The maximum Gasteiger partial charge on any atom is 0.320 e. The molecule has 1 saturated carbocycles. The van der Waals surface area contributed by atoms with Crippen LogP contribution in [0.4, 0.5) is 9.80 Å². The monoisotopic (exact) mass is 354 g/mol. The van der Waals surface area contributed by atoms with Crippen molar-refractivity contribution in [3.8, 4) is 6.07 Å². The highest BCUT2D eigenvalue weighted by Gasteiger charge is 2.22. The first-order chi connectivity index (χ1) is 12.1. The molecule has 1 aromatic heterocycles. The van der Waals surface area contributed by atoms with Crippen molar-refractivity contribution in [2.24, 2.45) is 11.7 Å². The Bertz CT molecular complexity index is 802. The number of urea groups is 1. The average Bonchev–Trinajstić information content (AvgIpc) is 3.22. The Morgan fingerprint density at radius 2 is 2.20 bits per heavy atom. The molecule has 0 aliphatic heterocycles. The third kappa shape index (κ3) is 4.18. The number of rotatable bonds is 5. The smallest absolute Gasteiger partial charge is 0.320 e. The number of carbonyl (C=O) groups excluding carboxylic acids is 1. The molecule has 0 saturated heterocycles. The molecule has 0 atom stereocenters. The summed E-state index contributed by atoms with van der Waals surface area (Å²) in [6.45, 7) is 2.27. The van der Waals surface area contributed by atoms with E-state index in [1.165, 1.54) is 25.7 Å². The first kappa shape index (κ1) is 17.4. The van der Waals surface area contributed by atoms with Crippen LogP contribution in [0.3, 0.4) is 0 Å². The fraction of sp³-hybridized carbons (Fsp3) is 0.421. The number of nitrogens with two attached hydrogens (primary N) is 1. The minimum atomic E-state index is -0.499. The summed E-state index contributed by atoms with van der Waals surface area (Å²) in [4.78, 5) is 18.3. The minimum absolute atomic E-state index is 0.344. The summed E-state index contributed by atoms with van der Waals surface area (Å²) in [5, 5.41) is 10.9. The molecule has 1 aliphatic rings. The molecule has 1 fully saturated rings. The first-order valence-corrected chi connectivity index (χ1v) is 9.41. The van der Waals surface area contributed by atoms with Gasteiger partial charge in [-0.2, -0.15) is 5.26 Å². The molecule has 3 rings (SSSR count). The number of aryl methyl sites for hydroxylation is 1. The van der Waals surface area contributed by atoms with Crippen molar-refractivity contribution in [2.75, 3.05) is 4.90 Å². The van der Waals surface area contributed by atoms with Crippen molar-refractivity contribution in [1.29, 1.82) is 5.26 Å². The van der Waals surface area contributed by atoms with Crippen molar-refractivity contribution in [3.63, 3.8) is 0 Å². The standard InChI is InChI=1S/C19H22N4OS/c1-13-18(25-17(22-13)10-14-5-2-3-6-14)23(19(21)24)12-16-8-4-7-15(9-16)11-20/h4,7-9,14H,2-3,5-6,10,12H2,1H3,(H2,21,24). The van der Waals surface area contributed by atoms with E-state index in [2.05, 4.69) is 11.1 Å². The number of benzene rings is 1. The van der Waals surface area contributed by atoms with Crippen LogP contribution in [0.25, 0.3) is 0 Å². The van der Waals surface area contributed by atoms with Gasteiger partial charge in [0.05, 0.1) is 28.9 Å². The summed E-state index contributed by atoms with van der Waals surface area (Å²) >= 11 is 1.56. The molecule has 0 radical (unpaired) electrons. The zero-order valence-electron chi connectivity index (χ0n) is 14.4. The molecule has 1 heterocycles. The van der Waals surface area contributed by atoms with Crippen LogP contribution in [0.5, 0.6) is 0 Å². The van der Waals surface area contributed by atoms with E-state index in [-0.39, 0.29) is 0 Å². The van der Waals surface area contributed by atoms with Gasteiger partial charge in [0.2, 0.25) is 0 Å². The van der Waals surface area contributed by atoms with Gasteiger partial charge in [-0.05, 0) is 30.5 Å². The molecule has 5 nitrogen and oxygen atoms in total. The van der Waals surface area contributed by atoms with Crippen molar-refractivity contribution in [1.82, 2.24) is 4.98 Å². The number of anilines is 1. The molecule has 2 N–H and O–H groups in total. The van der Waals surface area contributed by atoms with E-state index >= 15 is 0 Å². The highest BCUT2D eigenvalue weighted by molar-refractivity contribution is 7.16. The first-order valence-electron chi connectivity index (χ1n) is 8.59. The van der Waals surface area contributed by atoms with Crippen molar-refractivity contribution in [3.05, 3.63) is 46.1 Å². The number of primary amides is 1. The number of thiazole rings is 1. The molecule has 1 aliphatic carbocycles. The second-order valence-corrected chi connectivity index (χ2v) is 7.65. The predicted octanol–water partition coefficient (Wildman–Crippen LogP) is 4.14. The molecule has 0 spiro atoms. The van der Waals surface area contributed by atoms with Gasteiger partial charge in [-0.3, -0.25) is 4.90 Å². The van der Waals surface area contributed by atoms with E-state index in [0.717, 1.165) is 27.7 Å². The molecule has 130 valence electrons. The largest absolute Gasteiger partial charge is 0.351 e. The van der Waals surface area contributed by atoms with Gasteiger partial charge in [-0.1, -0.05) is 37.8 Å². The summed E-state index contributed by atoms with van der Waals surface area (Å²) < 4.78 is 0. The molecule has 1 aromatic carbocycles. The van der Waals surface area contributed by atoms with Gasteiger partial charge < -0.3 is 5.73 Å². The van der Waals surface area contributed by atoms with Gasteiger partial charge in [0.1, 0.15) is 5.00 Å². The Balaban J connectivity index is 1.81. The zero-order valence-corrected chi connectivity index (χ0v) is 15.2. The summed E-state index contributed by atoms with van der Waals surface area (Å²) in [5.74, 6) is 0.715. The summed E-state index contributed by atoms with van der Waals surface area (Å²) in [6, 6.07) is 8.86. The summed E-state index contributed by atoms with van der Waals surface area (Å²) in [7, 11) is 0.